The molecule has 2 rings (SSSR count). The summed E-state index contributed by atoms with van der Waals surface area (Å²) in [6, 6.07) is 5.35. The summed E-state index contributed by atoms with van der Waals surface area (Å²) in [5.41, 5.74) is 0. The van der Waals surface area contributed by atoms with Gasteiger partial charge in [0, 0.05) is 0 Å². The van der Waals surface area contributed by atoms with Crippen LogP contribution in [0.3, 0.4) is 0 Å². The number of aromatic hydroxyl groups is 1. The lowest BCUT2D eigenvalue weighted by atomic mass is 10.3. The van der Waals surface area contributed by atoms with Gasteiger partial charge in [-0.3, -0.25) is 0 Å². The Labute approximate surface area is 96.7 Å². The van der Waals surface area contributed by atoms with E-state index < -0.39 is 10.0 Å². The summed E-state index contributed by atoms with van der Waals surface area (Å²) in [4.78, 5) is -0.0269. The maximum Gasteiger partial charge on any atom is 0.241 e. The number of hydrogen-bond acceptors (Lipinski definition) is 6. The van der Waals surface area contributed by atoms with Crippen molar-refractivity contribution in [1.29, 1.82) is 0 Å². The van der Waals surface area contributed by atoms with Gasteiger partial charge in [-0.25, -0.2) is 13.1 Å². The Bertz CT molecular complexity index is 595. The highest BCUT2D eigenvalue weighted by Crippen LogP contribution is 2.15. The molecule has 3 N–H and O–H groups in total. The zero-order valence-electron chi connectivity index (χ0n) is 8.53. The van der Waals surface area contributed by atoms with Gasteiger partial charge in [0.05, 0.1) is 11.4 Å². The van der Waals surface area contributed by atoms with Crippen molar-refractivity contribution in [3.63, 3.8) is 0 Å². The van der Waals surface area contributed by atoms with E-state index in [4.69, 9.17) is 0 Å². The number of tetrazole rings is 1. The standard InChI is InChI=1S/C8H9N5O3S/c14-6-2-1-3-7(4-6)17(15,16)9-5-8-10-12-13-11-8/h1-4,9,14H,5H2,(H,10,11,12,13). The number of nitrogens with one attached hydrogen (secondary N) is 2. The third-order valence-electron chi connectivity index (χ3n) is 1.94. The average Bonchev–Trinajstić information content (AvgIpc) is 2.79. The van der Waals surface area contributed by atoms with Gasteiger partial charge in [-0.2, -0.15) is 5.21 Å². The molecule has 0 aliphatic heterocycles. The van der Waals surface area contributed by atoms with Crippen molar-refractivity contribution in [2.45, 2.75) is 11.4 Å². The van der Waals surface area contributed by atoms with Crippen LogP contribution in [0, 0.1) is 0 Å². The van der Waals surface area contributed by atoms with Crippen molar-refractivity contribution < 1.29 is 13.5 Å². The molecule has 0 radical (unpaired) electrons. The Morgan fingerprint density at radius 2 is 2.24 bits per heavy atom. The first-order valence-electron chi connectivity index (χ1n) is 4.59. The van der Waals surface area contributed by atoms with Crippen LogP contribution >= 0.6 is 0 Å². The van der Waals surface area contributed by atoms with Crippen LogP contribution in [0.5, 0.6) is 5.75 Å². The monoisotopic (exact) mass is 255 g/mol. The first-order chi connectivity index (χ1) is 8.08. The number of rotatable bonds is 4. The highest BCUT2D eigenvalue weighted by atomic mass is 32.2. The minimum absolute atomic E-state index is 0.0269. The van der Waals surface area contributed by atoms with Crippen LogP contribution < -0.4 is 4.72 Å². The van der Waals surface area contributed by atoms with E-state index in [-0.39, 0.29) is 23.0 Å². The zero-order chi connectivity index (χ0) is 12.3. The number of benzene rings is 1. The summed E-state index contributed by atoms with van der Waals surface area (Å²) in [6.07, 6.45) is 0. The fraction of sp³-hybridized carbons (Fsp3) is 0.125. The number of hydrogen-bond donors (Lipinski definition) is 3. The molecule has 0 unspecified atom stereocenters. The first-order valence-corrected chi connectivity index (χ1v) is 6.07. The number of H-pyrrole nitrogens is 1. The van der Waals surface area contributed by atoms with Crippen LogP contribution in [0.1, 0.15) is 5.82 Å². The van der Waals surface area contributed by atoms with E-state index in [0.29, 0.717) is 0 Å². The predicted octanol–water partition coefficient (Wildman–Crippen LogP) is -0.616. The van der Waals surface area contributed by atoms with Crippen molar-refractivity contribution in [2.75, 3.05) is 0 Å². The molecule has 0 bridgehead atoms. The second-order valence-electron chi connectivity index (χ2n) is 3.15. The van der Waals surface area contributed by atoms with E-state index >= 15 is 0 Å². The molecule has 0 fully saturated rings. The van der Waals surface area contributed by atoms with E-state index in [2.05, 4.69) is 25.3 Å². The second kappa shape index (κ2) is 4.47. The largest absolute Gasteiger partial charge is 0.508 e. The summed E-state index contributed by atoms with van der Waals surface area (Å²) in [5, 5.41) is 21.9. The molecule has 0 aliphatic carbocycles. The van der Waals surface area contributed by atoms with E-state index in [1.807, 2.05) is 0 Å². The van der Waals surface area contributed by atoms with Gasteiger partial charge in [0.15, 0.2) is 5.82 Å². The summed E-state index contributed by atoms with van der Waals surface area (Å²) in [6.45, 7) is -0.0749. The fourth-order valence-electron chi connectivity index (χ4n) is 1.15. The van der Waals surface area contributed by atoms with E-state index in [1.54, 1.807) is 0 Å². The van der Waals surface area contributed by atoms with Crippen LogP contribution in [0.2, 0.25) is 0 Å². The van der Waals surface area contributed by atoms with Crippen LogP contribution in [0.25, 0.3) is 0 Å². The van der Waals surface area contributed by atoms with Crippen molar-refractivity contribution in [3.8, 4) is 5.75 Å². The number of aromatic amines is 1. The Kier molecular flexibility index (Phi) is 3.02. The second-order valence-corrected chi connectivity index (χ2v) is 4.92. The quantitative estimate of drug-likeness (QED) is 0.669. The molecule has 1 aromatic carbocycles. The lowest BCUT2D eigenvalue weighted by Gasteiger charge is -2.04. The van der Waals surface area contributed by atoms with E-state index in [9.17, 15) is 13.5 Å². The molecule has 0 amide bonds. The van der Waals surface area contributed by atoms with E-state index in [0.717, 1.165) is 6.07 Å². The topological polar surface area (TPSA) is 121 Å². The molecule has 0 spiro atoms. The predicted molar refractivity (Wildman–Crippen MR) is 56.3 cm³/mol. The van der Waals surface area contributed by atoms with Gasteiger partial charge in [0.1, 0.15) is 5.75 Å². The number of phenols is 1. The molecule has 17 heavy (non-hydrogen) atoms. The van der Waals surface area contributed by atoms with Crippen LogP contribution in [0.4, 0.5) is 0 Å². The Balaban J connectivity index is 2.14. The van der Waals surface area contributed by atoms with Crippen molar-refractivity contribution in [3.05, 3.63) is 30.1 Å². The molecule has 0 saturated carbocycles. The first kappa shape index (κ1) is 11.5. The lowest BCUT2D eigenvalue weighted by molar-refractivity contribution is 0.473. The normalized spacial score (nSPS) is 11.5. The molecule has 2 aromatic rings. The van der Waals surface area contributed by atoms with Gasteiger partial charge in [-0.15, -0.1) is 10.2 Å². The molecule has 90 valence electrons. The average molecular weight is 255 g/mol. The number of phenolic OH excluding ortho intramolecular Hbond substituents is 1. The molecule has 0 saturated heterocycles. The number of aromatic nitrogens is 4. The Hall–Kier alpha value is -2.00. The minimum atomic E-state index is -3.69. The van der Waals surface area contributed by atoms with Crippen molar-refractivity contribution >= 4 is 10.0 Å². The summed E-state index contributed by atoms with van der Waals surface area (Å²) in [5.74, 6) is 0.112. The van der Waals surface area contributed by atoms with Crippen LogP contribution in [-0.4, -0.2) is 34.1 Å². The van der Waals surface area contributed by atoms with Crippen LogP contribution in [-0.2, 0) is 16.6 Å². The molecule has 0 aliphatic rings. The number of nitrogens with zero attached hydrogens (tertiary/aromatic N) is 3. The van der Waals surface area contributed by atoms with Gasteiger partial charge >= 0.3 is 0 Å². The molecule has 8 nitrogen and oxygen atoms in total. The number of sulfonamides is 1. The summed E-state index contributed by atoms with van der Waals surface area (Å²) >= 11 is 0. The summed E-state index contributed by atoms with van der Waals surface area (Å²) < 4.78 is 25.8. The van der Waals surface area contributed by atoms with Crippen molar-refractivity contribution in [2.24, 2.45) is 0 Å². The molecular weight excluding hydrogens is 246 g/mol. The fourth-order valence-corrected chi connectivity index (χ4v) is 2.17. The smallest absolute Gasteiger partial charge is 0.241 e. The third kappa shape index (κ3) is 2.77. The molecule has 0 atom stereocenters. The van der Waals surface area contributed by atoms with Gasteiger partial charge in [0.25, 0.3) is 0 Å². The van der Waals surface area contributed by atoms with Gasteiger partial charge < -0.3 is 5.11 Å². The SMILES string of the molecule is O=S(=O)(NCc1nn[nH]n1)c1cccc(O)c1. The van der Waals surface area contributed by atoms with Crippen LogP contribution in [0.15, 0.2) is 29.2 Å². The highest BCUT2D eigenvalue weighted by Gasteiger charge is 2.14. The third-order valence-corrected chi connectivity index (χ3v) is 3.34. The minimum Gasteiger partial charge on any atom is -0.508 e. The van der Waals surface area contributed by atoms with Gasteiger partial charge in [-0.1, -0.05) is 11.3 Å². The highest BCUT2D eigenvalue weighted by molar-refractivity contribution is 7.89. The van der Waals surface area contributed by atoms with Gasteiger partial charge in [-0.05, 0) is 18.2 Å². The zero-order valence-corrected chi connectivity index (χ0v) is 9.35. The Morgan fingerprint density at radius 3 is 2.88 bits per heavy atom. The maximum absolute atomic E-state index is 11.8. The lowest BCUT2D eigenvalue weighted by Crippen LogP contribution is -2.23. The Morgan fingerprint density at radius 1 is 1.41 bits per heavy atom. The maximum atomic E-state index is 11.8. The molecule has 9 heteroatoms. The molecule has 1 heterocycles. The summed E-state index contributed by atoms with van der Waals surface area (Å²) in [7, 11) is -3.69. The molecular formula is C8H9N5O3S. The van der Waals surface area contributed by atoms with Crippen molar-refractivity contribution in [1.82, 2.24) is 25.3 Å². The van der Waals surface area contributed by atoms with Gasteiger partial charge in [0.2, 0.25) is 10.0 Å². The molecule has 1 aromatic heterocycles. The van der Waals surface area contributed by atoms with E-state index in [1.165, 1.54) is 18.2 Å².